The molecule has 0 unspecified atom stereocenters. The van der Waals surface area contributed by atoms with E-state index in [9.17, 15) is 13.2 Å². The first-order valence-electron chi connectivity index (χ1n) is 6.47. The molecule has 114 valence electrons. The van der Waals surface area contributed by atoms with Crippen LogP contribution in [0.3, 0.4) is 0 Å². The molecule has 0 spiro atoms. The highest BCUT2D eigenvalue weighted by atomic mass is 32.2. The fourth-order valence-electron chi connectivity index (χ4n) is 1.90. The van der Waals surface area contributed by atoms with Crippen molar-refractivity contribution in [3.63, 3.8) is 0 Å². The van der Waals surface area contributed by atoms with Crippen LogP contribution in [0.15, 0.2) is 34.2 Å². The molecule has 1 aliphatic rings. The number of nitrogens with zero attached hydrogens (tertiary/aromatic N) is 1. The maximum atomic E-state index is 11.8. The van der Waals surface area contributed by atoms with Gasteiger partial charge in [0.05, 0.1) is 18.0 Å². The second-order valence-corrected chi connectivity index (χ2v) is 6.08. The van der Waals surface area contributed by atoms with Crippen molar-refractivity contribution >= 4 is 21.8 Å². The van der Waals surface area contributed by atoms with Crippen molar-refractivity contribution in [2.75, 3.05) is 26.8 Å². The second kappa shape index (κ2) is 6.68. The number of amides is 1. The number of methoxy groups -OCH3 is 1. The molecule has 1 amide bonds. The molecular formula is C13H17N3O4S. The summed E-state index contributed by atoms with van der Waals surface area (Å²) in [5, 5.41) is 2.67. The Balaban J connectivity index is 1.96. The molecule has 0 saturated carbocycles. The zero-order valence-electron chi connectivity index (χ0n) is 11.6. The first kappa shape index (κ1) is 15.5. The van der Waals surface area contributed by atoms with Gasteiger partial charge in [-0.15, -0.1) is 0 Å². The topological polar surface area (TPSA) is 96.9 Å². The summed E-state index contributed by atoms with van der Waals surface area (Å²) in [6.45, 7) is 1.11. The number of amidine groups is 1. The van der Waals surface area contributed by atoms with Crippen molar-refractivity contribution < 1.29 is 17.9 Å². The number of hydrogen-bond donors (Lipinski definition) is 2. The predicted molar refractivity (Wildman–Crippen MR) is 77.7 cm³/mol. The Morgan fingerprint density at radius 2 is 2.14 bits per heavy atom. The van der Waals surface area contributed by atoms with Gasteiger partial charge in [0, 0.05) is 25.6 Å². The molecule has 0 bridgehead atoms. The molecule has 0 atom stereocenters. The van der Waals surface area contributed by atoms with Gasteiger partial charge < -0.3 is 10.1 Å². The van der Waals surface area contributed by atoms with Crippen molar-refractivity contribution in [3.05, 3.63) is 29.8 Å². The van der Waals surface area contributed by atoms with Crippen LogP contribution in [-0.2, 0) is 19.6 Å². The highest BCUT2D eigenvalue weighted by Crippen LogP contribution is 2.21. The molecule has 0 aliphatic carbocycles. The molecular weight excluding hydrogens is 294 g/mol. The summed E-state index contributed by atoms with van der Waals surface area (Å²) in [6.07, 6.45) is 0.192. The Bertz CT molecular complexity index is 655. The molecule has 8 heteroatoms. The third kappa shape index (κ3) is 3.79. The molecule has 0 saturated heterocycles. The molecule has 1 aliphatic heterocycles. The van der Waals surface area contributed by atoms with E-state index in [1.165, 1.54) is 6.07 Å². The monoisotopic (exact) mass is 311 g/mol. The fourth-order valence-corrected chi connectivity index (χ4v) is 3.15. The molecule has 7 nitrogen and oxygen atoms in total. The van der Waals surface area contributed by atoms with E-state index >= 15 is 0 Å². The van der Waals surface area contributed by atoms with Crippen LogP contribution >= 0.6 is 0 Å². The molecule has 21 heavy (non-hydrogen) atoms. The van der Waals surface area contributed by atoms with Crippen molar-refractivity contribution in [3.8, 4) is 0 Å². The van der Waals surface area contributed by atoms with Gasteiger partial charge in [-0.2, -0.15) is 0 Å². The average Bonchev–Trinajstić information content (AvgIpc) is 2.71. The quantitative estimate of drug-likeness (QED) is 0.716. The molecule has 2 N–H and O–H groups in total. The van der Waals surface area contributed by atoms with Gasteiger partial charge in [0.15, 0.2) is 0 Å². The van der Waals surface area contributed by atoms with Gasteiger partial charge in [-0.1, -0.05) is 12.1 Å². The number of fused-ring (bicyclic) bond motifs is 1. The molecule has 0 aromatic heterocycles. The number of carbonyl (C=O) groups excluding carboxylic acids is 1. The maximum Gasteiger partial charge on any atom is 0.263 e. The van der Waals surface area contributed by atoms with Crippen molar-refractivity contribution in [2.24, 2.45) is 4.99 Å². The number of benzene rings is 1. The van der Waals surface area contributed by atoms with Crippen molar-refractivity contribution in [1.29, 1.82) is 0 Å². The van der Waals surface area contributed by atoms with E-state index < -0.39 is 10.0 Å². The van der Waals surface area contributed by atoms with Crippen molar-refractivity contribution in [1.82, 2.24) is 10.0 Å². The minimum atomic E-state index is -3.52. The first-order valence-corrected chi connectivity index (χ1v) is 7.95. The lowest BCUT2D eigenvalue weighted by Crippen LogP contribution is -2.27. The van der Waals surface area contributed by atoms with Crippen LogP contribution in [0.1, 0.15) is 12.0 Å². The average molecular weight is 311 g/mol. The van der Waals surface area contributed by atoms with Crippen LogP contribution in [0.5, 0.6) is 0 Å². The minimum Gasteiger partial charge on any atom is -0.383 e. The SMILES string of the molecule is COCCNC(=O)CCN=C1NS(=O)(=O)c2ccccc21. The summed E-state index contributed by atoms with van der Waals surface area (Å²) in [7, 11) is -1.96. The second-order valence-electron chi connectivity index (χ2n) is 4.42. The lowest BCUT2D eigenvalue weighted by atomic mass is 10.2. The Morgan fingerprint density at radius 3 is 2.90 bits per heavy atom. The lowest BCUT2D eigenvalue weighted by Gasteiger charge is -2.03. The van der Waals surface area contributed by atoms with Gasteiger partial charge in [0.1, 0.15) is 5.84 Å². The summed E-state index contributed by atoms with van der Waals surface area (Å²) >= 11 is 0. The van der Waals surface area contributed by atoms with E-state index in [2.05, 4.69) is 15.0 Å². The molecule has 1 aromatic rings. The van der Waals surface area contributed by atoms with E-state index in [1.54, 1.807) is 25.3 Å². The number of carbonyl (C=O) groups is 1. The number of sulfonamides is 1. The van der Waals surface area contributed by atoms with Gasteiger partial charge in [-0.05, 0) is 12.1 Å². The predicted octanol–water partition coefficient (Wildman–Crippen LogP) is -0.122. The van der Waals surface area contributed by atoms with E-state index in [0.717, 1.165) is 0 Å². The Morgan fingerprint density at radius 1 is 1.38 bits per heavy atom. The first-order chi connectivity index (χ1) is 10.0. The standard InChI is InChI=1S/C13H17N3O4S/c1-20-9-8-14-12(17)6-7-15-13-10-4-2-3-5-11(10)21(18,19)16-13/h2-5H,6-9H2,1H3,(H,14,17)(H,15,16). The van der Waals surface area contributed by atoms with Crippen LogP contribution in [0, 0.1) is 0 Å². The van der Waals surface area contributed by atoms with Gasteiger partial charge in [-0.25, -0.2) is 8.42 Å². The number of ether oxygens (including phenoxy) is 1. The van der Waals surface area contributed by atoms with Gasteiger partial charge in [-0.3, -0.25) is 14.5 Å². The molecule has 0 fully saturated rings. The minimum absolute atomic E-state index is 0.148. The smallest absolute Gasteiger partial charge is 0.263 e. The number of hydrogen-bond acceptors (Lipinski definition) is 5. The van der Waals surface area contributed by atoms with Gasteiger partial charge >= 0.3 is 0 Å². The summed E-state index contributed by atoms with van der Waals surface area (Å²) in [4.78, 5) is 15.9. The van der Waals surface area contributed by atoms with Gasteiger partial charge in [0.25, 0.3) is 10.0 Å². The van der Waals surface area contributed by atoms with Crippen LogP contribution in [0.4, 0.5) is 0 Å². The van der Waals surface area contributed by atoms with Crippen molar-refractivity contribution in [2.45, 2.75) is 11.3 Å². The van der Waals surface area contributed by atoms with E-state index in [0.29, 0.717) is 18.7 Å². The van der Waals surface area contributed by atoms with Crippen LogP contribution in [0.25, 0.3) is 0 Å². The van der Waals surface area contributed by atoms with E-state index in [1.807, 2.05) is 0 Å². The summed E-state index contributed by atoms with van der Waals surface area (Å²) in [6, 6.07) is 6.61. The van der Waals surface area contributed by atoms with Crippen LogP contribution in [0.2, 0.25) is 0 Å². The van der Waals surface area contributed by atoms with Gasteiger partial charge in [0.2, 0.25) is 5.91 Å². The molecule has 1 heterocycles. The maximum absolute atomic E-state index is 11.8. The Hall–Kier alpha value is -1.93. The van der Waals surface area contributed by atoms with Crippen LogP contribution < -0.4 is 10.0 Å². The lowest BCUT2D eigenvalue weighted by molar-refractivity contribution is -0.121. The number of rotatable bonds is 6. The Labute approximate surface area is 123 Å². The largest absolute Gasteiger partial charge is 0.383 e. The summed E-state index contributed by atoms with van der Waals surface area (Å²) in [5.41, 5.74) is 0.539. The zero-order chi connectivity index (χ0) is 15.3. The van der Waals surface area contributed by atoms with E-state index in [4.69, 9.17) is 4.74 Å². The molecule has 2 rings (SSSR count). The molecule has 1 aromatic carbocycles. The summed E-state index contributed by atoms with van der Waals surface area (Å²) in [5.74, 6) is 0.140. The third-order valence-corrected chi connectivity index (χ3v) is 4.30. The third-order valence-electron chi connectivity index (χ3n) is 2.90. The van der Waals surface area contributed by atoms with Crippen LogP contribution in [-0.4, -0.2) is 47.0 Å². The number of aliphatic imine (C=N–C) groups is 1. The summed E-state index contributed by atoms with van der Waals surface area (Å²) < 4.78 is 30.9. The number of nitrogens with one attached hydrogen (secondary N) is 2. The van der Waals surface area contributed by atoms with E-state index in [-0.39, 0.29) is 29.6 Å². The highest BCUT2D eigenvalue weighted by molar-refractivity contribution is 7.90. The zero-order valence-corrected chi connectivity index (χ0v) is 12.4. The molecule has 0 radical (unpaired) electrons. The Kier molecular flexibility index (Phi) is 4.92. The highest BCUT2D eigenvalue weighted by Gasteiger charge is 2.29. The fraction of sp³-hybridized carbons (Fsp3) is 0.385. The normalized spacial score (nSPS) is 17.3.